The molecule has 2 bridgehead atoms. The van der Waals surface area contributed by atoms with Crippen LogP contribution in [-0.2, 0) is 4.74 Å². The molecule has 3 atom stereocenters. The summed E-state index contributed by atoms with van der Waals surface area (Å²) in [5.41, 5.74) is 4.95. The zero-order chi connectivity index (χ0) is 19.0. The van der Waals surface area contributed by atoms with Gasteiger partial charge in [0, 0.05) is 6.54 Å². The van der Waals surface area contributed by atoms with Gasteiger partial charge in [-0.15, -0.1) is 0 Å². The molecule has 1 heterocycles. The van der Waals surface area contributed by atoms with Gasteiger partial charge in [-0.1, -0.05) is 43.8 Å². The van der Waals surface area contributed by atoms with E-state index in [2.05, 4.69) is 43.8 Å². The van der Waals surface area contributed by atoms with Gasteiger partial charge < -0.3 is 14.4 Å². The van der Waals surface area contributed by atoms with Gasteiger partial charge in [-0.05, 0) is 58.7 Å². The first-order valence-electron chi connectivity index (χ1n) is 9.46. The second kappa shape index (κ2) is 7.10. The van der Waals surface area contributed by atoms with Gasteiger partial charge in [0.1, 0.15) is 12.4 Å². The molecule has 4 nitrogen and oxygen atoms in total. The van der Waals surface area contributed by atoms with Crippen molar-refractivity contribution in [3.05, 3.63) is 66.2 Å². The molecule has 2 unspecified atom stereocenters. The van der Waals surface area contributed by atoms with Crippen molar-refractivity contribution in [2.24, 2.45) is 5.92 Å². The predicted molar refractivity (Wildman–Crippen MR) is 106 cm³/mol. The topological polar surface area (TPSA) is 38.8 Å². The quantitative estimate of drug-likeness (QED) is 0.704. The van der Waals surface area contributed by atoms with Gasteiger partial charge in [0.15, 0.2) is 0 Å². The largest absolute Gasteiger partial charge is 0.497 e. The van der Waals surface area contributed by atoms with E-state index in [1.165, 1.54) is 11.1 Å². The standard InChI is InChI=1S/C23H25NO3/c1-4-13-27-23(25)24-12-11-19-15(2)22(24)21-14-17(7-10-20(19)21)16-5-8-18(26-3)9-6-16/h4-10,14-15,19,22H,1,11-13H2,2-3H3/t15-,19?,22?/m0/s1. The Balaban J connectivity index is 1.69. The number of rotatable bonds is 4. The molecule has 2 aliphatic rings. The molecule has 1 aliphatic carbocycles. The number of carbonyl (C=O) groups excluding carboxylic acids is 1. The summed E-state index contributed by atoms with van der Waals surface area (Å²) in [6.07, 6.45) is 2.35. The number of carbonyl (C=O) groups is 1. The third kappa shape index (κ3) is 2.99. The van der Waals surface area contributed by atoms with E-state index >= 15 is 0 Å². The molecule has 0 saturated carbocycles. The monoisotopic (exact) mass is 363 g/mol. The van der Waals surface area contributed by atoms with Gasteiger partial charge in [-0.2, -0.15) is 0 Å². The molecular formula is C23H25NO3. The normalized spacial score (nSPS) is 22.9. The molecule has 0 radical (unpaired) electrons. The lowest BCUT2D eigenvalue weighted by molar-refractivity contribution is 0.0638. The molecule has 1 saturated heterocycles. The van der Waals surface area contributed by atoms with E-state index in [1.807, 2.05) is 17.0 Å². The second-order valence-corrected chi connectivity index (χ2v) is 7.33. The molecule has 1 aliphatic heterocycles. The molecule has 2 aromatic rings. The molecule has 4 heteroatoms. The summed E-state index contributed by atoms with van der Waals surface area (Å²) >= 11 is 0. The molecule has 1 fully saturated rings. The fraction of sp³-hybridized carbons (Fsp3) is 0.348. The Morgan fingerprint density at radius 2 is 1.93 bits per heavy atom. The van der Waals surface area contributed by atoms with Crippen LogP contribution in [0.1, 0.15) is 36.4 Å². The first kappa shape index (κ1) is 17.7. The van der Waals surface area contributed by atoms with Crippen LogP contribution in [0.5, 0.6) is 5.75 Å². The highest BCUT2D eigenvalue weighted by Crippen LogP contribution is 2.53. The molecule has 0 spiro atoms. The second-order valence-electron chi connectivity index (χ2n) is 7.33. The lowest BCUT2D eigenvalue weighted by atomic mass is 9.86. The lowest BCUT2D eigenvalue weighted by Gasteiger charge is -2.37. The molecule has 0 aromatic heterocycles. The van der Waals surface area contributed by atoms with Crippen molar-refractivity contribution < 1.29 is 14.3 Å². The third-order valence-corrected chi connectivity index (χ3v) is 5.94. The van der Waals surface area contributed by atoms with E-state index in [4.69, 9.17) is 9.47 Å². The van der Waals surface area contributed by atoms with Crippen LogP contribution >= 0.6 is 0 Å². The molecule has 140 valence electrons. The van der Waals surface area contributed by atoms with Crippen molar-refractivity contribution in [1.29, 1.82) is 0 Å². The highest BCUT2D eigenvalue weighted by molar-refractivity contribution is 5.71. The van der Waals surface area contributed by atoms with Crippen LogP contribution in [0.3, 0.4) is 0 Å². The highest BCUT2D eigenvalue weighted by Gasteiger charge is 2.46. The molecule has 0 N–H and O–H groups in total. The number of nitrogens with zero attached hydrogens (tertiary/aromatic N) is 1. The third-order valence-electron chi connectivity index (χ3n) is 5.94. The van der Waals surface area contributed by atoms with Crippen molar-refractivity contribution in [3.8, 4) is 16.9 Å². The lowest BCUT2D eigenvalue weighted by Crippen LogP contribution is -2.41. The average Bonchev–Trinajstić information content (AvgIpc) is 2.87. The minimum atomic E-state index is -0.243. The zero-order valence-electron chi connectivity index (χ0n) is 15.9. The number of piperidine rings is 1. The summed E-state index contributed by atoms with van der Waals surface area (Å²) in [4.78, 5) is 14.5. The fourth-order valence-corrected chi connectivity index (χ4v) is 4.62. The summed E-state index contributed by atoms with van der Waals surface area (Å²) in [7, 11) is 1.67. The number of methoxy groups -OCH3 is 1. The molecule has 4 rings (SSSR count). The summed E-state index contributed by atoms with van der Waals surface area (Å²) < 4.78 is 10.6. The number of ether oxygens (including phenoxy) is 2. The number of likely N-dealkylation sites (tertiary alicyclic amines) is 1. The van der Waals surface area contributed by atoms with Gasteiger partial charge in [0.2, 0.25) is 0 Å². The van der Waals surface area contributed by atoms with Gasteiger partial charge in [0.05, 0.1) is 13.2 Å². The van der Waals surface area contributed by atoms with Crippen molar-refractivity contribution >= 4 is 6.09 Å². The van der Waals surface area contributed by atoms with Crippen LogP contribution in [0.25, 0.3) is 11.1 Å². The smallest absolute Gasteiger partial charge is 0.410 e. The zero-order valence-corrected chi connectivity index (χ0v) is 15.9. The van der Waals surface area contributed by atoms with Crippen molar-refractivity contribution in [2.45, 2.75) is 25.3 Å². The number of benzene rings is 2. The van der Waals surface area contributed by atoms with Crippen LogP contribution in [0, 0.1) is 5.92 Å². The molecular weight excluding hydrogens is 338 g/mol. The average molecular weight is 363 g/mol. The highest BCUT2D eigenvalue weighted by atomic mass is 16.6. The van der Waals surface area contributed by atoms with Crippen molar-refractivity contribution in [1.82, 2.24) is 4.90 Å². The Bertz CT molecular complexity index is 858. The minimum absolute atomic E-state index is 0.0780. The first-order valence-corrected chi connectivity index (χ1v) is 9.46. The number of amides is 1. The van der Waals surface area contributed by atoms with Crippen LogP contribution in [0.2, 0.25) is 0 Å². The van der Waals surface area contributed by atoms with Crippen LogP contribution in [0.4, 0.5) is 4.79 Å². The van der Waals surface area contributed by atoms with E-state index in [-0.39, 0.29) is 18.7 Å². The summed E-state index contributed by atoms with van der Waals surface area (Å²) in [5.74, 6) is 1.76. The number of fused-ring (bicyclic) bond motifs is 5. The minimum Gasteiger partial charge on any atom is -0.497 e. The Morgan fingerprint density at radius 1 is 1.19 bits per heavy atom. The fourth-order valence-electron chi connectivity index (χ4n) is 4.62. The SMILES string of the molecule is C=CCOC(=O)N1CCC2c3ccc(-c4ccc(OC)cc4)cc3C1[C@H]2C. The van der Waals surface area contributed by atoms with E-state index in [0.717, 1.165) is 29.8 Å². The maximum Gasteiger partial charge on any atom is 0.410 e. The van der Waals surface area contributed by atoms with Gasteiger partial charge in [0.25, 0.3) is 0 Å². The van der Waals surface area contributed by atoms with Crippen molar-refractivity contribution in [2.75, 3.05) is 20.3 Å². The van der Waals surface area contributed by atoms with E-state index in [9.17, 15) is 4.79 Å². The Morgan fingerprint density at radius 3 is 2.63 bits per heavy atom. The maximum absolute atomic E-state index is 12.6. The molecule has 27 heavy (non-hydrogen) atoms. The van der Waals surface area contributed by atoms with E-state index in [1.54, 1.807) is 13.2 Å². The van der Waals surface area contributed by atoms with E-state index < -0.39 is 0 Å². The van der Waals surface area contributed by atoms with Gasteiger partial charge >= 0.3 is 6.09 Å². The Kier molecular flexibility index (Phi) is 4.65. The first-order chi connectivity index (χ1) is 13.1. The van der Waals surface area contributed by atoms with Gasteiger partial charge in [-0.3, -0.25) is 0 Å². The van der Waals surface area contributed by atoms with Crippen LogP contribution < -0.4 is 4.74 Å². The summed E-state index contributed by atoms with van der Waals surface area (Å²) in [6.45, 7) is 6.86. The molecule has 1 amide bonds. The maximum atomic E-state index is 12.6. The Hall–Kier alpha value is -2.75. The Labute approximate surface area is 160 Å². The predicted octanol–water partition coefficient (Wildman–Crippen LogP) is 5.16. The van der Waals surface area contributed by atoms with Crippen molar-refractivity contribution in [3.63, 3.8) is 0 Å². The molecule has 2 aromatic carbocycles. The van der Waals surface area contributed by atoms with Crippen LogP contribution in [-0.4, -0.2) is 31.3 Å². The number of hydrogen-bond acceptors (Lipinski definition) is 3. The summed E-state index contributed by atoms with van der Waals surface area (Å²) in [6, 6.07) is 14.8. The van der Waals surface area contributed by atoms with Gasteiger partial charge in [-0.25, -0.2) is 4.79 Å². The van der Waals surface area contributed by atoms with E-state index in [0.29, 0.717) is 11.8 Å². The number of hydrogen-bond donors (Lipinski definition) is 0. The summed E-state index contributed by atoms with van der Waals surface area (Å²) in [5, 5.41) is 0. The van der Waals surface area contributed by atoms with Crippen LogP contribution in [0.15, 0.2) is 55.1 Å².